The summed E-state index contributed by atoms with van der Waals surface area (Å²) in [6.07, 6.45) is 1.67. The molecule has 2 aromatic carbocycles. The van der Waals surface area contributed by atoms with Crippen molar-refractivity contribution in [1.82, 2.24) is 4.98 Å². The van der Waals surface area contributed by atoms with Crippen LogP contribution in [0, 0.1) is 6.92 Å². The Hall–Kier alpha value is -2.74. The standard InChI is InChI=1S/C19H15NO/c1-14-11-12-20-18(13-14)19(21)17-9-7-16(8-10-17)15-5-3-2-4-6-15/h2-13H,1H3. The molecule has 0 unspecified atom stereocenters. The van der Waals surface area contributed by atoms with Gasteiger partial charge in [0.1, 0.15) is 5.69 Å². The van der Waals surface area contributed by atoms with Crippen LogP contribution in [0.25, 0.3) is 11.1 Å². The van der Waals surface area contributed by atoms with Gasteiger partial charge in [0.25, 0.3) is 0 Å². The minimum Gasteiger partial charge on any atom is -0.287 e. The maximum absolute atomic E-state index is 12.4. The van der Waals surface area contributed by atoms with Crippen LogP contribution in [0.5, 0.6) is 0 Å². The molecule has 0 spiro atoms. The zero-order valence-corrected chi connectivity index (χ0v) is 11.8. The van der Waals surface area contributed by atoms with E-state index in [1.165, 1.54) is 0 Å². The highest BCUT2D eigenvalue weighted by atomic mass is 16.1. The van der Waals surface area contributed by atoms with E-state index in [0.717, 1.165) is 16.7 Å². The molecule has 21 heavy (non-hydrogen) atoms. The lowest BCUT2D eigenvalue weighted by Crippen LogP contribution is -2.04. The van der Waals surface area contributed by atoms with Gasteiger partial charge in [-0.1, -0.05) is 54.6 Å². The van der Waals surface area contributed by atoms with Crippen LogP contribution in [0.1, 0.15) is 21.6 Å². The lowest BCUT2D eigenvalue weighted by atomic mass is 10.0. The molecule has 0 aliphatic rings. The Balaban J connectivity index is 1.89. The van der Waals surface area contributed by atoms with Crippen LogP contribution in [0.15, 0.2) is 72.9 Å². The van der Waals surface area contributed by atoms with E-state index in [9.17, 15) is 4.79 Å². The number of aryl methyl sites for hydroxylation is 1. The van der Waals surface area contributed by atoms with Crippen molar-refractivity contribution in [1.29, 1.82) is 0 Å². The number of carbonyl (C=O) groups excluding carboxylic acids is 1. The third-order valence-corrected chi connectivity index (χ3v) is 3.40. The van der Waals surface area contributed by atoms with Crippen LogP contribution >= 0.6 is 0 Å². The van der Waals surface area contributed by atoms with Gasteiger partial charge in [0.15, 0.2) is 0 Å². The molecular weight excluding hydrogens is 258 g/mol. The van der Waals surface area contributed by atoms with Crippen molar-refractivity contribution in [3.05, 3.63) is 89.7 Å². The van der Waals surface area contributed by atoms with E-state index >= 15 is 0 Å². The first-order valence-electron chi connectivity index (χ1n) is 6.87. The number of carbonyl (C=O) groups is 1. The summed E-state index contributed by atoms with van der Waals surface area (Å²) in [5, 5.41) is 0. The Morgan fingerprint density at radius 3 is 2.19 bits per heavy atom. The molecule has 1 heterocycles. The van der Waals surface area contributed by atoms with E-state index in [2.05, 4.69) is 17.1 Å². The third-order valence-electron chi connectivity index (χ3n) is 3.40. The van der Waals surface area contributed by atoms with Gasteiger partial charge in [0.2, 0.25) is 5.78 Å². The van der Waals surface area contributed by atoms with Gasteiger partial charge in [-0.25, -0.2) is 0 Å². The van der Waals surface area contributed by atoms with Crippen LogP contribution < -0.4 is 0 Å². The molecule has 0 N–H and O–H groups in total. The second-order valence-corrected chi connectivity index (χ2v) is 4.99. The lowest BCUT2D eigenvalue weighted by Gasteiger charge is -2.04. The Bertz CT molecular complexity index is 761. The first-order valence-corrected chi connectivity index (χ1v) is 6.87. The van der Waals surface area contributed by atoms with Crippen LogP contribution in [0.4, 0.5) is 0 Å². The van der Waals surface area contributed by atoms with E-state index in [1.54, 1.807) is 6.20 Å². The van der Waals surface area contributed by atoms with Gasteiger partial charge in [0, 0.05) is 11.8 Å². The number of hydrogen-bond donors (Lipinski definition) is 0. The highest BCUT2D eigenvalue weighted by Gasteiger charge is 2.10. The summed E-state index contributed by atoms with van der Waals surface area (Å²) in [4.78, 5) is 16.5. The molecular formula is C19H15NO. The van der Waals surface area contributed by atoms with Gasteiger partial charge >= 0.3 is 0 Å². The van der Waals surface area contributed by atoms with Gasteiger partial charge in [-0.3, -0.25) is 9.78 Å². The van der Waals surface area contributed by atoms with Crippen LogP contribution in [-0.2, 0) is 0 Å². The van der Waals surface area contributed by atoms with Crippen LogP contribution in [-0.4, -0.2) is 10.8 Å². The molecule has 2 nitrogen and oxygen atoms in total. The second kappa shape index (κ2) is 5.71. The Labute approximate surface area is 124 Å². The second-order valence-electron chi connectivity index (χ2n) is 4.99. The van der Waals surface area contributed by atoms with Gasteiger partial charge < -0.3 is 0 Å². The average molecular weight is 273 g/mol. The monoisotopic (exact) mass is 273 g/mol. The molecule has 102 valence electrons. The van der Waals surface area contributed by atoms with E-state index in [0.29, 0.717) is 11.3 Å². The molecule has 0 saturated carbocycles. The van der Waals surface area contributed by atoms with Gasteiger partial charge in [0.05, 0.1) is 0 Å². The molecule has 0 amide bonds. The van der Waals surface area contributed by atoms with E-state index < -0.39 is 0 Å². The molecule has 2 heteroatoms. The van der Waals surface area contributed by atoms with Crippen molar-refractivity contribution >= 4 is 5.78 Å². The van der Waals surface area contributed by atoms with Gasteiger partial charge in [-0.2, -0.15) is 0 Å². The fraction of sp³-hybridized carbons (Fsp3) is 0.0526. The quantitative estimate of drug-likeness (QED) is 0.666. The van der Waals surface area contributed by atoms with Crippen molar-refractivity contribution in [2.75, 3.05) is 0 Å². The summed E-state index contributed by atoms with van der Waals surface area (Å²) < 4.78 is 0. The average Bonchev–Trinajstić information content (AvgIpc) is 2.55. The molecule has 0 bridgehead atoms. The SMILES string of the molecule is Cc1ccnc(C(=O)c2ccc(-c3ccccc3)cc2)c1. The highest BCUT2D eigenvalue weighted by molar-refractivity contribution is 6.07. The Kier molecular flexibility index (Phi) is 3.61. The number of aromatic nitrogens is 1. The molecule has 3 rings (SSSR count). The van der Waals surface area contributed by atoms with E-state index in [4.69, 9.17) is 0 Å². The van der Waals surface area contributed by atoms with Crippen LogP contribution in [0.2, 0.25) is 0 Å². The summed E-state index contributed by atoms with van der Waals surface area (Å²) in [6.45, 7) is 1.96. The van der Waals surface area contributed by atoms with Crippen molar-refractivity contribution in [3.8, 4) is 11.1 Å². The topological polar surface area (TPSA) is 30.0 Å². The first-order chi connectivity index (χ1) is 10.2. The molecule has 1 aromatic heterocycles. The Morgan fingerprint density at radius 2 is 1.52 bits per heavy atom. The van der Waals surface area contributed by atoms with Gasteiger partial charge in [-0.15, -0.1) is 0 Å². The molecule has 3 aromatic rings. The predicted octanol–water partition coefficient (Wildman–Crippen LogP) is 4.29. The zero-order chi connectivity index (χ0) is 14.7. The number of benzene rings is 2. The minimum absolute atomic E-state index is 0.0432. The number of nitrogens with zero attached hydrogens (tertiary/aromatic N) is 1. The summed E-state index contributed by atoms with van der Waals surface area (Å²) in [7, 11) is 0. The highest BCUT2D eigenvalue weighted by Crippen LogP contribution is 2.20. The van der Waals surface area contributed by atoms with Gasteiger partial charge in [-0.05, 0) is 35.7 Å². The number of hydrogen-bond acceptors (Lipinski definition) is 2. The fourth-order valence-electron chi connectivity index (χ4n) is 2.25. The van der Waals surface area contributed by atoms with Crippen LogP contribution in [0.3, 0.4) is 0 Å². The zero-order valence-electron chi connectivity index (χ0n) is 11.8. The number of rotatable bonds is 3. The third kappa shape index (κ3) is 2.90. The molecule has 0 atom stereocenters. The summed E-state index contributed by atoms with van der Waals surface area (Å²) >= 11 is 0. The molecule has 0 radical (unpaired) electrons. The first kappa shape index (κ1) is 13.3. The maximum Gasteiger partial charge on any atom is 0.211 e. The maximum atomic E-state index is 12.4. The summed E-state index contributed by atoms with van der Waals surface area (Å²) in [5.41, 5.74) is 4.43. The summed E-state index contributed by atoms with van der Waals surface area (Å²) in [6, 6.07) is 21.5. The number of ketones is 1. The molecule has 0 fully saturated rings. The van der Waals surface area contributed by atoms with Crippen molar-refractivity contribution < 1.29 is 4.79 Å². The van der Waals surface area contributed by atoms with Crippen molar-refractivity contribution in [2.45, 2.75) is 6.92 Å². The smallest absolute Gasteiger partial charge is 0.211 e. The Morgan fingerprint density at radius 1 is 0.857 bits per heavy atom. The van der Waals surface area contributed by atoms with Crippen molar-refractivity contribution in [2.24, 2.45) is 0 Å². The van der Waals surface area contributed by atoms with E-state index in [-0.39, 0.29) is 5.78 Å². The van der Waals surface area contributed by atoms with Crippen molar-refractivity contribution in [3.63, 3.8) is 0 Å². The number of pyridine rings is 1. The van der Waals surface area contributed by atoms with E-state index in [1.807, 2.05) is 61.5 Å². The molecule has 0 saturated heterocycles. The lowest BCUT2D eigenvalue weighted by molar-refractivity contribution is 0.103. The predicted molar refractivity (Wildman–Crippen MR) is 84.3 cm³/mol. The minimum atomic E-state index is -0.0432. The molecule has 0 aliphatic heterocycles. The fourth-order valence-corrected chi connectivity index (χ4v) is 2.25. The molecule has 0 aliphatic carbocycles. The normalized spacial score (nSPS) is 10.3. The largest absolute Gasteiger partial charge is 0.287 e. The summed E-state index contributed by atoms with van der Waals surface area (Å²) in [5.74, 6) is -0.0432.